The highest BCUT2D eigenvalue weighted by Gasteiger charge is 2.15. The molecule has 0 saturated heterocycles. The first-order valence-electron chi connectivity index (χ1n) is 8.31. The predicted octanol–water partition coefficient (Wildman–Crippen LogP) is 3.10. The Labute approximate surface area is 165 Å². The van der Waals surface area contributed by atoms with E-state index in [9.17, 15) is 14.7 Å². The number of aromatic hydroxyl groups is 1. The van der Waals surface area contributed by atoms with Gasteiger partial charge in [-0.1, -0.05) is 18.2 Å². The van der Waals surface area contributed by atoms with Crippen LogP contribution in [0.15, 0.2) is 59.8 Å². The van der Waals surface area contributed by atoms with Crippen molar-refractivity contribution in [3.8, 4) is 5.88 Å². The molecular weight excluding hydrogens is 378 g/mol. The topological polar surface area (TPSA) is 122 Å². The zero-order chi connectivity index (χ0) is 20.1. The van der Waals surface area contributed by atoms with Crippen molar-refractivity contribution in [2.45, 2.75) is 11.4 Å². The third-order valence-corrected chi connectivity index (χ3v) is 4.67. The second-order valence-electron chi connectivity index (χ2n) is 5.92. The molecule has 3 rings (SSSR count). The lowest BCUT2D eigenvalue weighted by Crippen LogP contribution is -2.19. The van der Waals surface area contributed by atoms with Crippen molar-refractivity contribution in [2.75, 3.05) is 16.9 Å². The number of urea groups is 1. The number of anilines is 2. The van der Waals surface area contributed by atoms with Crippen LogP contribution in [-0.2, 0) is 6.54 Å². The minimum atomic E-state index is -0.754. The van der Waals surface area contributed by atoms with Gasteiger partial charge in [0.15, 0.2) is 5.69 Å². The van der Waals surface area contributed by atoms with Crippen molar-refractivity contribution < 1.29 is 14.7 Å². The Kier molecular flexibility index (Phi) is 5.85. The normalized spacial score (nSPS) is 10.5. The number of rotatable bonds is 6. The second-order valence-corrected chi connectivity index (χ2v) is 6.80. The van der Waals surface area contributed by atoms with Gasteiger partial charge in [0.25, 0.3) is 5.91 Å². The molecule has 0 spiro atoms. The summed E-state index contributed by atoms with van der Waals surface area (Å²) in [6, 6.07) is 14.3. The Hall–Kier alpha value is -3.46. The third-order valence-electron chi connectivity index (χ3n) is 3.94. The fourth-order valence-electron chi connectivity index (χ4n) is 2.63. The molecule has 9 heteroatoms. The molecular formula is C19H19N5O3S. The summed E-state index contributed by atoms with van der Waals surface area (Å²) >= 11 is 1.60. The largest absolute Gasteiger partial charge is 0.492 e. The van der Waals surface area contributed by atoms with Gasteiger partial charge in [0.2, 0.25) is 5.88 Å². The summed E-state index contributed by atoms with van der Waals surface area (Å²) in [6.07, 6.45) is 3.32. The van der Waals surface area contributed by atoms with Crippen LogP contribution in [0.4, 0.5) is 16.2 Å². The monoisotopic (exact) mass is 397 g/mol. The van der Waals surface area contributed by atoms with Crippen LogP contribution < -0.4 is 16.4 Å². The Morgan fingerprint density at radius 1 is 1.14 bits per heavy atom. The van der Waals surface area contributed by atoms with Crippen molar-refractivity contribution in [1.82, 2.24) is 9.55 Å². The number of carbonyl (C=O) groups is 2. The summed E-state index contributed by atoms with van der Waals surface area (Å²) < 4.78 is 1.46. The van der Waals surface area contributed by atoms with Gasteiger partial charge in [-0.3, -0.25) is 4.79 Å². The summed E-state index contributed by atoms with van der Waals surface area (Å²) in [4.78, 5) is 28.3. The number of hydrogen-bond acceptors (Lipinski definition) is 5. The number of hydrogen-bond donors (Lipinski definition) is 4. The lowest BCUT2D eigenvalue weighted by Gasteiger charge is -2.10. The van der Waals surface area contributed by atoms with Crippen molar-refractivity contribution in [3.63, 3.8) is 0 Å². The molecule has 0 saturated carbocycles. The molecule has 5 N–H and O–H groups in total. The van der Waals surface area contributed by atoms with E-state index in [-0.39, 0.29) is 11.7 Å². The first-order valence-corrected chi connectivity index (χ1v) is 9.53. The summed E-state index contributed by atoms with van der Waals surface area (Å²) in [5.74, 6) is -1.15. The summed E-state index contributed by atoms with van der Waals surface area (Å²) in [5, 5.41) is 15.1. The van der Waals surface area contributed by atoms with E-state index >= 15 is 0 Å². The molecule has 8 nitrogen and oxygen atoms in total. The van der Waals surface area contributed by atoms with Crippen LogP contribution >= 0.6 is 11.8 Å². The number of aromatic nitrogens is 2. The summed E-state index contributed by atoms with van der Waals surface area (Å²) in [7, 11) is 0. The first-order chi connectivity index (χ1) is 13.5. The zero-order valence-electron chi connectivity index (χ0n) is 15.0. The standard InChI is InChI=1S/C19H19N5O3S/c1-28-15-4-2-3-14(9-15)23-19(27)22-13-7-5-12(6-8-13)10-24-11-21-18(26)16(24)17(20)25/h2-9,11,26H,10H2,1H3,(H2,20,25)(H2,22,23,27). The van der Waals surface area contributed by atoms with Crippen molar-refractivity contribution in [1.29, 1.82) is 0 Å². The van der Waals surface area contributed by atoms with E-state index in [4.69, 9.17) is 5.73 Å². The number of carbonyl (C=O) groups excluding carboxylic acids is 2. The average molecular weight is 397 g/mol. The maximum atomic E-state index is 12.2. The number of nitrogens with two attached hydrogens (primary N) is 1. The van der Waals surface area contributed by atoms with Crippen molar-refractivity contribution >= 4 is 35.1 Å². The lowest BCUT2D eigenvalue weighted by atomic mass is 10.2. The SMILES string of the molecule is CSc1cccc(NC(=O)Nc2ccc(Cn3cnc(O)c3C(N)=O)cc2)c1. The number of nitrogens with one attached hydrogen (secondary N) is 2. The molecule has 0 unspecified atom stereocenters. The number of benzene rings is 2. The van der Waals surface area contributed by atoms with Gasteiger partial charge in [-0.15, -0.1) is 11.8 Å². The van der Waals surface area contributed by atoms with E-state index in [1.165, 1.54) is 10.9 Å². The quantitative estimate of drug-likeness (QED) is 0.476. The van der Waals surface area contributed by atoms with Gasteiger partial charge in [0, 0.05) is 22.8 Å². The molecule has 2 aromatic carbocycles. The Balaban J connectivity index is 1.63. The van der Waals surface area contributed by atoms with E-state index in [1.807, 2.05) is 30.5 Å². The number of imidazole rings is 1. The molecule has 1 heterocycles. The minimum Gasteiger partial charge on any atom is -0.492 e. The molecule has 144 valence electrons. The number of thioether (sulfide) groups is 1. The van der Waals surface area contributed by atoms with Gasteiger partial charge in [-0.2, -0.15) is 0 Å². The first kappa shape index (κ1) is 19.3. The van der Waals surface area contributed by atoms with Crippen molar-refractivity contribution in [3.05, 3.63) is 66.1 Å². The highest BCUT2D eigenvalue weighted by Crippen LogP contribution is 2.20. The number of amides is 3. The van der Waals surface area contributed by atoms with Gasteiger partial charge < -0.3 is 26.0 Å². The van der Waals surface area contributed by atoms with Gasteiger partial charge in [0.05, 0.1) is 6.33 Å². The van der Waals surface area contributed by atoms with E-state index < -0.39 is 11.8 Å². The number of nitrogens with zero attached hydrogens (tertiary/aromatic N) is 2. The number of primary amides is 1. The Bertz CT molecular complexity index is 1000. The van der Waals surface area contributed by atoms with Gasteiger partial charge >= 0.3 is 6.03 Å². The van der Waals surface area contributed by atoms with Crippen molar-refractivity contribution in [2.24, 2.45) is 5.73 Å². The Morgan fingerprint density at radius 3 is 2.54 bits per heavy atom. The molecule has 0 aliphatic rings. The fourth-order valence-corrected chi connectivity index (χ4v) is 3.09. The molecule has 3 amide bonds. The average Bonchev–Trinajstić information content (AvgIpc) is 3.03. The molecule has 0 radical (unpaired) electrons. The molecule has 0 bridgehead atoms. The molecule has 1 aromatic heterocycles. The zero-order valence-corrected chi connectivity index (χ0v) is 15.9. The molecule has 3 aromatic rings. The molecule has 0 atom stereocenters. The van der Waals surface area contributed by atoms with Crippen LogP contribution in [0.1, 0.15) is 16.1 Å². The summed E-state index contributed by atoms with van der Waals surface area (Å²) in [6.45, 7) is 0.305. The van der Waals surface area contributed by atoms with E-state index in [1.54, 1.807) is 36.0 Å². The van der Waals surface area contributed by atoms with E-state index in [2.05, 4.69) is 15.6 Å². The molecule has 0 fully saturated rings. The highest BCUT2D eigenvalue weighted by atomic mass is 32.2. The van der Waals surface area contributed by atoms with Gasteiger partial charge in [0.1, 0.15) is 0 Å². The summed E-state index contributed by atoms with van der Waals surface area (Å²) in [5.41, 5.74) is 7.38. The minimum absolute atomic E-state index is 0.0472. The van der Waals surface area contributed by atoms with Crippen LogP contribution in [0.5, 0.6) is 5.88 Å². The smallest absolute Gasteiger partial charge is 0.323 e. The van der Waals surface area contributed by atoms with Crippen LogP contribution in [0.2, 0.25) is 0 Å². The Morgan fingerprint density at radius 2 is 1.86 bits per heavy atom. The molecule has 0 aliphatic carbocycles. The molecule has 28 heavy (non-hydrogen) atoms. The molecule has 0 aliphatic heterocycles. The van der Waals surface area contributed by atoms with E-state index in [0.29, 0.717) is 17.9 Å². The third kappa shape index (κ3) is 4.63. The van der Waals surface area contributed by atoms with Gasteiger partial charge in [-0.05, 0) is 42.2 Å². The maximum Gasteiger partial charge on any atom is 0.323 e. The highest BCUT2D eigenvalue weighted by molar-refractivity contribution is 7.98. The van der Waals surface area contributed by atoms with E-state index in [0.717, 1.165) is 10.5 Å². The second kappa shape index (κ2) is 8.49. The van der Waals surface area contributed by atoms with Crippen LogP contribution in [0.3, 0.4) is 0 Å². The maximum absolute atomic E-state index is 12.2. The predicted molar refractivity (Wildman–Crippen MR) is 109 cm³/mol. The van der Waals surface area contributed by atoms with Gasteiger partial charge in [-0.25, -0.2) is 9.78 Å². The van der Waals surface area contributed by atoms with Crippen LogP contribution in [0.25, 0.3) is 0 Å². The fraction of sp³-hybridized carbons (Fsp3) is 0.105. The van der Waals surface area contributed by atoms with Crippen LogP contribution in [-0.4, -0.2) is 32.9 Å². The van der Waals surface area contributed by atoms with Crippen LogP contribution in [0, 0.1) is 0 Å². The lowest BCUT2D eigenvalue weighted by molar-refractivity contribution is 0.0989.